The zero-order chi connectivity index (χ0) is 48.8. The SMILES string of the molecule is CC[C@H](C)[C@H](NC(=O)OC)C(=O)N1[C@H](C)CC[C@@H]1C.COC(=O)N[C@H](C(=O)N1[C@H](C)CC[C@@H]1C)C1CCOCC1.Cc1ncc(-c2ccc3c(c2)COc2cc4c(ccc5[nH]c(C)nc54)cc2-3)[nH]1. The Bertz CT molecular complexity index is 2560. The number of aryl methyl sites for hydroxylation is 2. The maximum atomic E-state index is 12.9. The summed E-state index contributed by atoms with van der Waals surface area (Å²) in [6.07, 6.45) is 7.29. The molecule has 9 rings (SSSR count). The van der Waals surface area contributed by atoms with Crippen LogP contribution in [-0.2, 0) is 30.4 Å². The van der Waals surface area contributed by atoms with Crippen molar-refractivity contribution in [1.82, 2.24) is 40.4 Å². The summed E-state index contributed by atoms with van der Waals surface area (Å²) in [5, 5.41) is 7.72. The zero-order valence-corrected chi connectivity index (χ0v) is 41.4. The summed E-state index contributed by atoms with van der Waals surface area (Å²) in [6.45, 7) is 18.0. The highest BCUT2D eigenvalue weighted by molar-refractivity contribution is 6.07. The first-order valence-corrected chi connectivity index (χ1v) is 24.2. The molecular weight excluding hydrogens is 865 g/mol. The second kappa shape index (κ2) is 21.9. The third-order valence-corrected chi connectivity index (χ3v) is 14.3. The molecule has 0 spiro atoms. The summed E-state index contributed by atoms with van der Waals surface area (Å²) in [7, 11) is 2.64. The molecule has 7 atom stereocenters. The van der Waals surface area contributed by atoms with Crippen LogP contribution in [-0.4, -0.2) is 117 Å². The van der Waals surface area contributed by atoms with Gasteiger partial charge < -0.3 is 49.3 Å². The van der Waals surface area contributed by atoms with Crippen LogP contribution < -0.4 is 15.4 Å². The Morgan fingerprint density at radius 1 is 0.779 bits per heavy atom. The van der Waals surface area contributed by atoms with Gasteiger partial charge >= 0.3 is 12.2 Å². The second-order valence-electron chi connectivity index (χ2n) is 19.0. The van der Waals surface area contributed by atoms with E-state index in [2.05, 4.69) is 110 Å². The molecule has 68 heavy (non-hydrogen) atoms. The maximum Gasteiger partial charge on any atom is 0.407 e. The van der Waals surface area contributed by atoms with Crippen LogP contribution >= 0.6 is 0 Å². The van der Waals surface area contributed by atoms with Crippen molar-refractivity contribution in [3.05, 3.63) is 65.9 Å². The van der Waals surface area contributed by atoms with E-state index in [1.165, 1.54) is 30.7 Å². The largest absolute Gasteiger partial charge is 0.488 e. The quantitative estimate of drug-likeness (QED) is 0.117. The van der Waals surface area contributed by atoms with Crippen molar-refractivity contribution >= 4 is 45.8 Å². The number of carbonyl (C=O) groups is 4. The highest BCUT2D eigenvalue weighted by atomic mass is 16.5. The lowest BCUT2D eigenvalue weighted by Crippen LogP contribution is -2.55. The molecule has 2 aromatic heterocycles. The standard InChI is InChI=1S/C23H18N4O.C15H26N2O4.C14H26N2O3/c1-12-24-10-21(25-12)15-3-5-17-16(7-15)11-28-22-9-18-14(8-19(17)22)4-6-20-23(18)27-13(2)26-20;1-10-4-5-11(2)17(10)14(18)13(16-15(19)20-3)12-6-8-21-9-7-12;1-6-9(2)12(15-14(18)19-5)13(17)16-10(3)7-8-11(16)4/h3-10H,11H2,1-2H3,(H,24,25)(H,26,27);10-13H,4-9H2,1-3H3,(H,16,19);9-12H,6-8H2,1-5H3,(H,15,18)/t;10-,11+,13-;9-,10-,11+,12-/m.00/s1. The van der Waals surface area contributed by atoms with E-state index in [4.69, 9.17) is 9.47 Å². The first-order chi connectivity index (χ1) is 32.6. The number of aromatic nitrogens is 4. The Morgan fingerprint density at radius 2 is 1.41 bits per heavy atom. The molecule has 3 aromatic carbocycles. The van der Waals surface area contributed by atoms with Crippen molar-refractivity contribution in [3.63, 3.8) is 0 Å². The van der Waals surface area contributed by atoms with Gasteiger partial charge in [-0.25, -0.2) is 19.6 Å². The van der Waals surface area contributed by atoms with Gasteiger partial charge in [0.05, 0.1) is 37.1 Å². The molecule has 3 saturated heterocycles. The summed E-state index contributed by atoms with van der Waals surface area (Å²) in [5.41, 5.74) is 7.75. The van der Waals surface area contributed by atoms with Crippen molar-refractivity contribution in [2.45, 2.75) is 143 Å². The molecule has 4 aliphatic heterocycles. The number of hydrogen-bond donors (Lipinski definition) is 4. The van der Waals surface area contributed by atoms with Crippen LogP contribution in [0, 0.1) is 25.7 Å². The molecule has 4 aliphatic rings. The number of H-pyrrole nitrogens is 2. The van der Waals surface area contributed by atoms with E-state index < -0.39 is 24.3 Å². The molecule has 16 nitrogen and oxygen atoms in total. The first kappa shape index (κ1) is 49.7. The van der Waals surface area contributed by atoms with Crippen LogP contribution in [0.3, 0.4) is 0 Å². The van der Waals surface area contributed by atoms with Gasteiger partial charge in [-0.2, -0.15) is 0 Å². The Hall–Kier alpha value is -6.16. The van der Waals surface area contributed by atoms with Crippen LogP contribution in [0.1, 0.15) is 104 Å². The number of carbonyl (C=O) groups excluding carboxylic acids is 4. The molecule has 0 aliphatic carbocycles. The van der Waals surface area contributed by atoms with Crippen LogP contribution in [0.2, 0.25) is 0 Å². The Kier molecular flexibility index (Phi) is 16.0. The van der Waals surface area contributed by atoms with Gasteiger partial charge in [0.1, 0.15) is 36.1 Å². The van der Waals surface area contributed by atoms with Crippen LogP contribution in [0.5, 0.6) is 5.75 Å². The van der Waals surface area contributed by atoms with Gasteiger partial charge in [0.15, 0.2) is 0 Å². The van der Waals surface area contributed by atoms with Gasteiger partial charge in [0, 0.05) is 48.3 Å². The number of methoxy groups -OCH3 is 2. The molecule has 6 heterocycles. The third kappa shape index (κ3) is 10.9. The van der Waals surface area contributed by atoms with Gasteiger partial charge in [-0.15, -0.1) is 0 Å². The fourth-order valence-corrected chi connectivity index (χ4v) is 10.2. The minimum absolute atomic E-state index is 0.0113. The Balaban J connectivity index is 0.000000155. The summed E-state index contributed by atoms with van der Waals surface area (Å²) in [4.78, 5) is 68.1. The first-order valence-electron chi connectivity index (χ1n) is 24.2. The maximum absolute atomic E-state index is 12.9. The van der Waals surface area contributed by atoms with E-state index in [0.717, 1.165) is 95.6 Å². The number of aromatic amines is 2. The Morgan fingerprint density at radius 3 is 2.01 bits per heavy atom. The molecular formula is C52H70N8O8. The number of rotatable bonds is 8. The average molecular weight is 935 g/mol. The van der Waals surface area contributed by atoms with Gasteiger partial charge in [-0.1, -0.05) is 38.5 Å². The van der Waals surface area contributed by atoms with E-state index in [1.54, 1.807) is 0 Å². The van der Waals surface area contributed by atoms with Gasteiger partial charge in [0.2, 0.25) is 11.8 Å². The van der Waals surface area contributed by atoms with E-state index in [1.807, 2.05) is 43.7 Å². The normalized spacial score (nSPS) is 21.2. The van der Waals surface area contributed by atoms with Crippen molar-refractivity contribution in [2.24, 2.45) is 11.8 Å². The minimum Gasteiger partial charge on any atom is -0.488 e. The summed E-state index contributed by atoms with van der Waals surface area (Å²) >= 11 is 0. The molecule has 5 aromatic rings. The number of benzene rings is 3. The molecule has 0 saturated carbocycles. The molecule has 0 unspecified atom stereocenters. The zero-order valence-electron chi connectivity index (χ0n) is 41.4. The number of alkyl carbamates (subject to hydrolysis) is 2. The highest BCUT2D eigenvalue weighted by Gasteiger charge is 2.40. The fourth-order valence-electron chi connectivity index (χ4n) is 10.2. The molecule has 4 amide bonds. The molecule has 366 valence electrons. The number of fused-ring (bicyclic) bond motifs is 6. The van der Waals surface area contributed by atoms with Crippen LogP contribution in [0.25, 0.3) is 44.2 Å². The van der Waals surface area contributed by atoms with E-state index >= 15 is 0 Å². The predicted molar refractivity (Wildman–Crippen MR) is 262 cm³/mol. The number of nitrogens with zero attached hydrogens (tertiary/aromatic N) is 4. The Labute approximate surface area is 399 Å². The summed E-state index contributed by atoms with van der Waals surface area (Å²) < 4.78 is 20.8. The smallest absolute Gasteiger partial charge is 0.407 e. The third-order valence-electron chi connectivity index (χ3n) is 14.3. The lowest BCUT2D eigenvalue weighted by molar-refractivity contribution is -0.138. The van der Waals surface area contributed by atoms with Crippen LogP contribution in [0.15, 0.2) is 48.7 Å². The lowest BCUT2D eigenvalue weighted by Gasteiger charge is -2.35. The van der Waals surface area contributed by atoms with E-state index in [-0.39, 0.29) is 47.8 Å². The second-order valence-corrected chi connectivity index (χ2v) is 19.0. The average Bonchev–Trinajstić information content (AvgIpc) is 4.14. The number of amides is 4. The van der Waals surface area contributed by atoms with Gasteiger partial charge in [0.25, 0.3) is 0 Å². The van der Waals surface area contributed by atoms with E-state index in [9.17, 15) is 19.2 Å². The van der Waals surface area contributed by atoms with E-state index in [0.29, 0.717) is 19.8 Å². The molecule has 3 fully saturated rings. The van der Waals surface area contributed by atoms with Gasteiger partial charge in [-0.3, -0.25) is 9.59 Å². The molecule has 4 N–H and O–H groups in total. The van der Waals surface area contributed by atoms with Crippen molar-refractivity contribution in [3.8, 4) is 28.1 Å². The van der Waals surface area contributed by atoms with Crippen molar-refractivity contribution in [1.29, 1.82) is 0 Å². The lowest BCUT2D eigenvalue weighted by atomic mass is 9.90. The summed E-state index contributed by atoms with van der Waals surface area (Å²) in [5.74, 6) is 2.99. The number of imidazole rings is 2. The van der Waals surface area contributed by atoms with Crippen molar-refractivity contribution < 1.29 is 38.1 Å². The monoisotopic (exact) mass is 935 g/mol. The molecule has 0 bridgehead atoms. The number of nitrogens with one attached hydrogen (secondary N) is 4. The predicted octanol–water partition coefficient (Wildman–Crippen LogP) is 8.98. The number of ether oxygens (including phenoxy) is 4. The van der Waals surface area contributed by atoms with Crippen LogP contribution in [0.4, 0.5) is 9.59 Å². The molecule has 0 radical (unpaired) electrons. The minimum atomic E-state index is -0.543. The number of hydrogen-bond acceptors (Lipinski definition) is 10. The highest BCUT2D eigenvalue weighted by Crippen LogP contribution is 2.42. The fraction of sp³-hybridized carbons (Fsp3) is 0.538. The van der Waals surface area contributed by atoms with Crippen molar-refractivity contribution in [2.75, 3.05) is 27.4 Å². The number of likely N-dealkylation sites (tertiary alicyclic amines) is 2. The van der Waals surface area contributed by atoms with Gasteiger partial charge in [-0.05, 0) is 138 Å². The molecule has 16 heteroatoms. The summed E-state index contributed by atoms with van der Waals surface area (Å²) in [6, 6.07) is 15.0. The topological polar surface area (TPSA) is 193 Å².